The highest BCUT2D eigenvalue weighted by molar-refractivity contribution is 9.08. The van der Waals surface area contributed by atoms with Crippen molar-refractivity contribution in [3.05, 3.63) is 23.3 Å². The van der Waals surface area contributed by atoms with Crippen LogP contribution in [-0.2, 0) is 16.6 Å². The molecule has 2 aliphatic carbocycles. The molecule has 5 rings (SSSR count). The third kappa shape index (κ3) is 1.88. The lowest BCUT2D eigenvalue weighted by Crippen LogP contribution is -2.76. The highest BCUT2D eigenvalue weighted by atomic mass is 79.9. The maximum atomic E-state index is 12.7. The number of benzene rings is 1. The highest BCUT2D eigenvalue weighted by Gasteiger charge is 2.72. The molecule has 0 aromatic heterocycles. The number of likely N-dealkylation sites (N-methyl/N-ethyl adjacent to an activating group) is 1. The van der Waals surface area contributed by atoms with E-state index in [9.17, 15) is 9.90 Å². The average Bonchev–Trinajstić information content (AvgIpc) is 2.98. The van der Waals surface area contributed by atoms with Gasteiger partial charge in [-0.15, -0.1) is 0 Å². The van der Waals surface area contributed by atoms with E-state index in [0.717, 1.165) is 24.9 Å². The van der Waals surface area contributed by atoms with Gasteiger partial charge in [-0.1, -0.05) is 22.0 Å². The Bertz CT molecular complexity index is 738. The summed E-state index contributed by atoms with van der Waals surface area (Å²) in [6, 6.07) is 4.05. The van der Waals surface area contributed by atoms with Crippen LogP contribution in [0.3, 0.4) is 0 Å². The number of methoxy groups -OCH3 is 1. The average molecular weight is 410 g/mol. The van der Waals surface area contributed by atoms with Gasteiger partial charge in [-0.2, -0.15) is 0 Å². The predicted molar refractivity (Wildman–Crippen MR) is 97.9 cm³/mol. The second kappa shape index (κ2) is 5.69. The topological polar surface area (TPSA) is 59.0 Å². The SMILES string of the molecule is CBr.COc1ccc2c3c1O[C@H]1C(=O)CC[C@@]4(O)[C@@H](C2)N(C)CC[C@]314. The Hall–Kier alpha value is -1.11. The molecule has 2 bridgehead atoms. The minimum absolute atomic E-state index is 0.0438. The highest BCUT2D eigenvalue weighted by Crippen LogP contribution is 2.64. The second-order valence-corrected chi connectivity index (χ2v) is 7.44. The Labute approximate surface area is 156 Å². The lowest BCUT2D eigenvalue weighted by Gasteiger charge is -2.62. The van der Waals surface area contributed by atoms with Gasteiger partial charge >= 0.3 is 0 Å². The number of carbonyl (C=O) groups is 1. The molecule has 5 nitrogen and oxygen atoms in total. The summed E-state index contributed by atoms with van der Waals surface area (Å²) >= 11 is 2.94. The predicted octanol–water partition coefficient (Wildman–Crippen LogP) is 2.06. The number of nitrogens with zero attached hydrogens (tertiary/aromatic N) is 1. The van der Waals surface area contributed by atoms with E-state index in [1.54, 1.807) is 7.11 Å². The van der Waals surface area contributed by atoms with Crippen molar-refractivity contribution in [2.45, 2.75) is 48.8 Å². The molecule has 2 aliphatic heterocycles. The Morgan fingerprint density at radius 2 is 2.12 bits per heavy atom. The fourth-order valence-corrected chi connectivity index (χ4v) is 5.69. The van der Waals surface area contributed by atoms with E-state index < -0.39 is 17.1 Å². The molecule has 0 unspecified atom stereocenters. The van der Waals surface area contributed by atoms with Gasteiger partial charge in [0.1, 0.15) is 0 Å². The van der Waals surface area contributed by atoms with Gasteiger partial charge in [-0.3, -0.25) is 4.79 Å². The van der Waals surface area contributed by atoms with Crippen molar-refractivity contribution in [2.24, 2.45) is 0 Å². The Morgan fingerprint density at radius 3 is 2.84 bits per heavy atom. The van der Waals surface area contributed by atoms with Gasteiger partial charge in [-0.05, 0) is 50.3 Å². The molecule has 1 N–H and O–H groups in total. The lowest BCUT2D eigenvalue weighted by molar-refractivity contribution is -0.185. The summed E-state index contributed by atoms with van der Waals surface area (Å²) in [4.78, 5) is 14.9. The molecule has 1 spiro atoms. The molecule has 1 saturated heterocycles. The van der Waals surface area contributed by atoms with Crippen LogP contribution in [0.25, 0.3) is 0 Å². The fourth-order valence-electron chi connectivity index (χ4n) is 5.69. The second-order valence-electron chi connectivity index (χ2n) is 7.44. The first-order valence-electron chi connectivity index (χ1n) is 8.73. The minimum Gasteiger partial charge on any atom is -0.493 e. The number of ether oxygens (including phenoxy) is 2. The fraction of sp³-hybridized carbons (Fsp3) is 0.632. The number of aliphatic hydroxyl groups is 1. The van der Waals surface area contributed by atoms with E-state index in [2.05, 4.69) is 33.9 Å². The van der Waals surface area contributed by atoms with Crippen LogP contribution in [0.15, 0.2) is 12.1 Å². The van der Waals surface area contributed by atoms with Crippen LogP contribution in [0.5, 0.6) is 11.5 Å². The molecule has 1 saturated carbocycles. The summed E-state index contributed by atoms with van der Waals surface area (Å²) < 4.78 is 11.6. The van der Waals surface area contributed by atoms with Crippen LogP contribution < -0.4 is 9.47 Å². The molecule has 4 atom stereocenters. The number of hydrogen-bond donors (Lipinski definition) is 1. The zero-order valence-corrected chi connectivity index (χ0v) is 16.4. The van der Waals surface area contributed by atoms with E-state index in [1.165, 1.54) is 5.56 Å². The Balaban J connectivity index is 0.000000758. The number of halogens is 1. The minimum atomic E-state index is -0.900. The van der Waals surface area contributed by atoms with Crippen molar-refractivity contribution in [1.29, 1.82) is 0 Å². The summed E-state index contributed by atoms with van der Waals surface area (Å²) in [7, 11) is 3.70. The van der Waals surface area contributed by atoms with Crippen LogP contribution >= 0.6 is 15.9 Å². The number of piperidine rings is 1. The van der Waals surface area contributed by atoms with Gasteiger partial charge < -0.3 is 19.5 Å². The largest absolute Gasteiger partial charge is 0.493 e. The van der Waals surface area contributed by atoms with Crippen molar-refractivity contribution in [1.82, 2.24) is 4.90 Å². The van der Waals surface area contributed by atoms with Gasteiger partial charge in [0.2, 0.25) is 0 Å². The molecular formula is C19H24BrNO4. The lowest BCUT2D eigenvalue weighted by atomic mass is 9.49. The van der Waals surface area contributed by atoms with Crippen LogP contribution in [0.1, 0.15) is 30.4 Å². The molecule has 0 radical (unpaired) electrons. The molecular weight excluding hydrogens is 386 g/mol. The quantitative estimate of drug-likeness (QED) is 0.719. The third-order valence-corrected chi connectivity index (χ3v) is 6.73. The molecule has 2 heterocycles. The number of hydrogen-bond acceptors (Lipinski definition) is 5. The summed E-state index contributed by atoms with van der Waals surface area (Å²) in [6.07, 6.45) is 1.89. The normalized spacial score (nSPS) is 37.6. The van der Waals surface area contributed by atoms with Gasteiger partial charge in [0.15, 0.2) is 23.4 Å². The van der Waals surface area contributed by atoms with Crippen LogP contribution in [0.2, 0.25) is 0 Å². The van der Waals surface area contributed by atoms with Crippen LogP contribution in [-0.4, -0.2) is 60.1 Å². The zero-order valence-electron chi connectivity index (χ0n) is 14.8. The zero-order chi connectivity index (χ0) is 18.0. The van der Waals surface area contributed by atoms with E-state index in [-0.39, 0.29) is 11.8 Å². The van der Waals surface area contributed by atoms with E-state index >= 15 is 0 Å². The maximum Gasteiger partial charge on any atom is 0.174 e. The van der Waals surface area contributed by atoms with Crippen molar-refractivity contribution in [3.8, 4) is 11.5 Å². The molecule has 2 fully saturated rings. The van der Waals surface area contributed by atoms with Gasteiger partial charge in [0.25, 0.3) is 0 Å². The van der Waals surface area contributed by atoms with Crippen molar-refractivity contribution >= 4 is 21.7 Å². The molecule has 25 heavy (non-hydrogen) atoms. The summed E-state index contributed by atoms with van der Waals surface area (Å²) in [5.41, 5.74) is 0.737. The molecule has 1 aromatic carbocycles. The van der Waals surface area contributed by atoms with Crippen molar-refractivity contribution < 1.29 is 19.4 Å². The molecule has 4 aliphatic rings. The number of carbonyl (C=O) groups excluding carboxylic acids is 1. The van der Waals surface area contributed by atoms with Gasteiger partial charge in [-0.25, -0.2) is 0 Å². The molecule has 1 aromatic rings. The third-order valence-electron chi connectivity index (χ3n) is 6.73. The summed E-state index contributed by atoms with van der Waals surface area (Å²) in [5.74, 6) is 3.28. The molecule has 0 amide bonds. The number of Topliss-reactive ketones (excluding diaryl/α,β-unsaturated/α-hetero) is 1. The number of ketones is 1. The summed E-state index contributed by atoms with van der Waals surface area (Å²) in [5, 5.41) is 11.7. The molecule has 136 valence electrons. The number of likely N-dealkylation sites (tertiary alicyclic amines) is 1. The van der Waals surface area contributed by atoms with Crippen molar-refractivity contribution in [3.63, 3.8) is 0 Å². The molecule has 6 heteroatoms. The van der Waals surface area contributed by atoms with E-state index in [4.69, 9.17) is 9.47 Å². The monoisotopic (exact) mass is 409 g/mol. The first kappa shape index (κ1) is 17.3. The number of alkyl halides is 1. The first-order chi connectivity index (χ1) is 12.0. The summed E-state index contributed by atoms with van der Waals surface area (Å²) in [6.45, 7) is 0.871. The van der Waals surface area contributed by atoms with Crippen LogP contribution in [0, 0.1) is 0 Å². The first-order valence-corrected chi connectivity index (χ1v) is 10.3. The van der Waals surface area contributed by atoms with Gasteiger partial charge in [0, 0.05) is 18.0 Å². The van der Waals surface area contributed by atoms with Gasteiger partial charge in [0.05, 0.1) is 18.1 Å². The van der Waals surface area contributed by atoms with Crippen LogP contribution in [0.4, 0.5) is 0 Å². The Kier molecular flexibility index (Phi) is 3.94. The smallest absolute Gasteiger partial charge is 0.174 e. The van der Waals surface area contributed by atoms with E-state index in [1.807, 2.05) is 11.9 Å². The standard InChI is InChI=1S/C18H21NO4.CH3Br/c1-19-8-7-17-14-10-3-4-12(22-2)15(14)23-16(17)11(20)5-6-18(17,21)13(19)9-10;1-2/h3-4,13,16,21H,5-9H2,1-2H3;1H3/t13-,16+,17+,18-;/m1./s1. The van der Waals surface area contributed by atoms with E-state index in [0.29, 0.717) is 24.3 Å². The maximum absolute atomic E-state index is 12.7. The van der Waals surface area contributed by atoms with Crippen molar-refractivity contribution in [2.75, 3.05) is 26.5 Å². The number of rotatable bonds is 1. The Morgan fingerprint density at radius 1 is 1.36 bits per heavy atom.